The van der Waals surface area contributed by atoms with Crippen molar-refractivity contribution in [2.24, 2.45) is 0 Å². The third-order valence-electron chi connectivity index (χ3n) is 3.18. The Labute approximate surface area is 114 Å². The smallest absolute Gasteiger partial charge is 0.154 e. The zero-order valence-electron chi connectivity index (χ0n) is 11.3. The summed E-state index contributed by atoms with van der Waals surface area (Å²) >= 11 is 0. The second-order valence-electron chi connectivity index (χ2n) is 4.90. The van der Waals surface area contributed by atoms with Crippen molar-refractivity contribution < 1.29 is 8.42 Å². The van der Waals surface area contributed by atoms with Crippen molar-refractivity contribution in [2.45, 2.75) is 19.1 Å². The highest BCUT2D eigenvalue weighted by Gasteiger charge is 2.14. The first-order valence-electron chi connectivity index (χ1n) is 6.43. The fourth-order valence-electron chi connectivity index (χ4n) is 1.87. The van der Waals surface area contributed by atoms with Gasteiger partial charge in [0.2, 0.25) is 0 Å². The van der Waals surface area contributed by atoms with Crippen LogP contribution in [-0.2, 0) is 9.84 Å². The van der Waals surface area contributed by atoms with Gasteiger partial charge in [0.1, 0.15) is 0 Å². The molecule has 2 rings (SSSR count). The van der Waals surface area contributed by atoms with Gasteiger partial charge in [0.15, 0.2) is 9.84 Å². The Hall–Kier alpha value is -1.55. The second kappa shape index (κ2) is 5.61. The van der Waals surface area contributed by atoms with Crippen LogP contribution in [0.25, 0.3) is 10.8 Å². The molecule has 0 heterocycles. The molecule has 0 aliphatic heterocycles. The fraction of sp³-hybridized carbons (Fsp3) is 0.333. The Balaban J connectivity index is 2.03. The van der Waals surface area contributed by atoms with Gasteiger partial charge in [-0.1, -0.05) is 30.3 Å². The number of benzene rings is 2. The summed E-state index contributed by atoms with van der Waals surface area (Å²) in [5.74, 6) is 0.164. The van der Waals surface area contributed by atoms with Gasteiger partial charge in [-0.25, -0.2) is 8.42 Å². The third kappa shape index (κ3) is 3.47. The summed E-state index contributed by atoms with van der Waals surface area (Å²) in [6.07, 6.45) is 0. The quantitative estimate of drug-likeness (QED) is 0.913. The first-order chi connectivity index (χ1) is 8.99. The number of rotatable bonds is 5. The summed E-state index contributed by atoms with van der Waals surface area (Å²) in [6.45, 7) is 3.87. The monoisotopic (exact) mass is 277 g/mol. The Morgan fingerprint density at radius 3 is 2.42 bits per heavy atom. The molecule has 0 fully saturated rings. The highest BCUT2D eigenvalue weighted by atomic mass is 32.2. The van der Waals surface area contributed by atoms with Gasteiger partial charge >= 0.3 is 0 Å². The van der Waals surface area contributed by atoms with Crippen LogP contribution >= 0.6 is 0 Å². The number of hydrogen-bond acceptors (Lipinski definition) is 3. The lowest BCUT2D eigenvalue weighted by Gasteiger charge is -2.10. The molecule has 0 amide bonds. The Morgan fingerprint density at radius 1 is 1.05 bits per heavy atom. The molecule has 0 aliphatic rings. The molecule has 0 aliphatic carbocycles. The van der Waals surface area contributed by atoms with E-state index in [1.807, 2.05) is 36.4 Å². The van der Waals surface area contributed by atoms with Gasteiger partial charge < -0.3 is 5.32 Å². The maximum Gasteiger partial charge on any atom is 0.154 e. The van der Waals surface area contributed by atoms with Crippen molar-refractivity contribution in [3.63, 3.8) is 0 Å². The van der Waals surface area contributed by atoms with Gasteiger partial charge in [-0.15, -0.1) is 0 Å². The van der Waals surface area contributed by atoms with E-state index in [0.29, 0.717) is 6.54 Å². The van der Waals surface area contributed by atoms with Crippen molar-refractivity contribution in [2.75, 3.05) is 17.6 Å². The minimum Gasteiger partial charge on any atom is -0.384 e. The van der Waals surface area contributed by atoms with E-state index >= 15 is 0 Å². The van der Waals surface area contributed by atoms with Crippen LogP contribution in [0.5, 0.6) is 0 Å². The van der Waals surface area contributed by atoms with Crippen molar-refractivity contribution in [3.05, 3.63) is 42.5 Å². The highest BCUT2D eigenvalue weighted by molar-refractivity contribution is 7.92. The molecular weight excluding hydrogens is 258 g/mol. The van der Waals surface area contributed by atoms with Gasteiger partial charge in [-0.05, 0) is 36.8 Å². The summed E-state index contributed by atoms with van der Waals surface area (Å²) < 4.78 is 23.4. The van der Waals surface area contributed by atoms with Crippen molar-refractivity contribution in [1.82, 2.24) is 0 Å². The molecule has 2 aromatic rings. The molecule has 4 heteroatoms. The van der Waals surface area contributed by atoms with Gasteiger partial charge in [0.25, 0.3) is 0 Å². The van der Waals surface area contributed by atoms with Crippen LogP contribution in [0, 0.1) is 0 Å². The van der Waals surface area contributed by atoms with Gasteiger partial charge in [0.05, 0.1) is 11.0 Å². The van der Waals surface area contributed by atoms with E-state index in [9.17, 15) is 8.42 Å². The largest absolute Gasteiger partial charge is 0.384 e. The van der Waals surface area contributed by atoms with Crippen LogP contribution < -0.4 is 5.32 Å². The van der Waals surface area contributed by atoms with Gasteiger partial charge in [-0.3, -0.25) is 0 Å². The maximum absolute atomic E-state index is 11.7. The zero-order valence-corrected chi connectivity index (χ0v) is 12.1. The van der Waals surface area contributed by atoms with Crippen LogP contribution in [-0.4, -0.2) is 26.0 Å². The first kappa shape index (κ1) is 13.9. The molecule has 0 radical (unpaired) electrons. The van der Waals surface area contributed by atoms with E-state index in [2.05, 4.69) is 11.4 Å². The van der Waals surface area contributed by atoms with E-state index in [0.717, 1.165) is 11.1 Å². The maximum atomic E-state index is 11.7. The number of fused-ring (bicyclic) bond motifs is 1. The molecule has 0 aromatic heterocycles. The summed E-state index contributed by atoms with van der Waals surface area (Å²) in [5.41, 5.74) is 0.956. The molecule has 0 bridgehead atoms. The van der Waals surface area contributed by atoms with Crippen LogP contribution in [0.3, 0.4) is 0 Å². The summed E-state index contributed by atoms with van der Waals surface area (Å²) in [5, 5.41) is 5.19. The first-order valence-corrected chi connectivity index (χ1v) is 8.15. The number of nitrogens with one attached hydrogen (secondary N) is 1. The Morgan fingerprint density at radius 2 is 1.74 bits per heavy atom. The second-order valence-corrected chi connectivity index (χ2v) is 7.58. The average Bonchev–Trinajstić information content (AvgIpc) is 2.38. The molecular formula is C15H19NO2S. The fourth-order valence-corrected chi connectivity index (χ4v) is 2.73. The van der Waals surface area contributed by atoms with E-state index in [1.165, 1.54) is 5.39 Å². The summed E-state index contributed by atoms with van der Waals surface area (Å²) in [6, 6.07) is 14.2. The predicted octanol–water partition coefficient (Wildman–Crippen LogP) is 3.07. The molecule has 0 unspecified atom stereocenters. The van der Waals surface area contributed by atoms with Crippen LogP contribution in [0.15, 0.2) is 42.5 Å². The number of sulfone groups is 1. The molecule has 0 atom stereocenters. The van der Waals surface area contributed by atoms with Crippen LogP contribution in [0.4, 0.5) is 5.69 Å². The highest BCUT2D eigenvalue weighted by Crippen LogP contribution is 2.18. The number of hydrogen-bond donors (Lipinski definition) is 1. The minimum atomic E-state index is -2.97. The molecule has 0 saturated carbocycles. The predicted molar refractivity (Wildman–Crippen MR) is 81.4 cm³/mol. The number of anilines is 1. The van der Waals surface area contributed by atoms with E-state index < -0.39 is 9.84 Å². The Bertz CT molecular complexity index is 663. The molecule has 19 heavy (non-hydrogen) atoms. The molecule has 0 spiro atoms. The third-order valence-corrected chi connectivity index (χ3v) is 5.39. The summed E-state index contributed by atoms with van der Waals surface area (Å²) in [7, 11) is -2.97. The lowest BCUT2D eigenvalue weighted by atomic mass is 10.1. The molecule has 0 saturated heterocycles. The van der Waals surface area contributed by atoms with E-state index in [1.54, 1.807) is 13.8 Å². The summed E-state index contributed by atoms with van der Waals surface area (Å²) in [4.78, 5) is 0. The molecule has 1 N–H and O–H groups in total. The lowest BCUT2D eigenvalue weighted by Crippen LogP contribution is -2.22. The van der Waals surface area contributed by atoms with Crippen molar-refractivity contribution in [1.29, 1.82) is 0 Å². The zero-order chi connectivity index (χ0) is 13.9. The normalized spacial score (nSPS) is 11.9. The molecule has 102 valence electrons. The van der Waals surface area contributed by atoms with Gasteiger partial charge in [0, 0.05) is 12.2 Å². The minimum absolute atomic E-state index is 0.164. The van der Waals surface area contributed by atoms with Crippen LogP contribution in [0.1, 0.15) is 13.8 Å². The topological polar surface area (TPSA) is 46.2 Å². The Kier molecular flexibility index (Phi) is 4.10. The van der Waals surface area contributed by atoms with Crippen LogP contribution in [0.2, 0.25) is 0 Å². The van der Waals surface area contributed by atoms with E-state index in [4.69, 9.17) is 0 Å². The lowest BCUT2D eigenvalue weighted by molar-refractivity contribution is 0.588. The van der Waals surface area contributed by atoms with Gasteiger partial charge in [-0.2, -0.15) is 0 Å². The molecule has 3 nitrogen and oxygen atoms in total. The SMILES string of the molecule is CC(C)S(=O)(=O)CCNc1ccc2ccccc2c1. The van der Waals surface area contributed by atoms with E-state index in [-0.39, 0.29) is 11.0 Å². The molecule has 2 aromatic carbocycles. The standard InChI is InChI=1S/C15H19NO2S/c1-12(2)19(17,18)10-9-16-15-8-7-13-5-3-4-6-14(13)11-15/h3-8,11-12,16H,9-10H2,1-2H3. The van der Waals surface area contributed by atoms with Crippen molar-refractivity contribution in [3.8, 4) is 0 Å². The van der Waals surface area contributed by atoms with Crippen molar-refractivity contribution >= 4 is 26.3 Å². The average molecular weight is 277 g/mol.